The maximum absolute atomic E-state index is 5.74. The van der Waals surface area contributed by atoms with E-state index >= 15 is 0 Å². The van der Waals surface area contributed by atoms with E-state index in [9.17, 15) is 0 Å². The lowest BCUT2D eigenvalue weighted by Gasteiger charge is -2.12. The fraction of sp³-hybridized carbons (Fsp3) is 0.188. The Hall–Kier alpha value is -2.29. The zero-order chi connectivity index (χ0) is 13.1. The van der Waals surface area contributed by atoms with Crippen molar-refractivity contribution in [3.8, 4) is 16.9 Å². The van der Waals surface area contributed by atoms with Gasteiger partial charge in [-0.25, -0.2) is 4.99 Å². The Balaban J connectivity index is 2.00. The monoisotopic (exact) mass is 253 g/mol. The highest BCUT2D eigenvalue weighted by atomic mass is 16.7. The van der Waals surface area contributed by atoms with Gasteiger partial charge in [-0.1, -0.05) is 42.5 Å². The van der Waals surface area contributed by atoms with Crippen molar-refractivity contribution in [1.82, 2.24) is 0 Å². The van der Waals surface area contributed by atoms with Crippen molar-refractivity contribution in [3.05, 3.63) is 54.1 Å². The quantitative estimate of drug-likeness (QED) is 0.821. The largest absolute Gasteiger partial charge is 0.448 e. The highest BCUT2D eigenvalue weighted by molar-refractivity contribution is 5.78. The second-order valence-corrected chi connectivity index (χ2v) is 4.41. The Labute approximate surface area is 112 Å². The first-order chi connectivity index (χ1) is 9.34. The van der Waals surface area contributed by atoms with Gasteiger partial charge in [-0.15, -0.1) is 0 Å². The SMILES string of the molecule is Cc1ccccc1-c1ccccc1OC1=NCCO1. The molecule has 1 heterocycles. The van der Waals surface area contributed by atoms with E-state index in [-0.39, 0.29) is 0 Å². The van der Waals surface area contributed by atoms with Gasteiger partial charge in [0.25, 0.3) is 0 Å². The molecule has 96 valence electrons. The van der Waals surface area contributed by atoms with Gasteiger partial charge in [0, 0.05) is 5.56 Å². The van der Waals surface area contributed by atoms with E-state index in [0.717, 1.165) is 16.9 Å². The standard InChI is InChI=1S/C16H15NO2/c1-12-6-2-3-7-13(12)14-8-4-5-9-15(14)19-16-17-10-11-18-16/h2-9H,10-11H2,1H3. The number of rotatable bonds is 2. The minimum atomic E-state index is 0.362. The third-order valence-corrected chi connectivity index (χ3v) is 3.08. The van der Waals surface area contributed by atoms with Crippen LogP contribution in [0.15, 0.2) is 53.5 Å². The number of para-hydroxylation sites is 1. The molecule has 0 saturated carbocycles. The highest BCUT2D eigenvalue weighted by Crippen LogP contribution is 2.32. The van der Waals surface area contributed by atoms with Crippen LogP contribution in [0.4, 0.5) is 0 Å². The number of nitrogens with zero attached hydrogens (tertiary/aromatic N) is 1. The van der Waals surface area contributed by atoms with Gasteiger partial charge in [0.2, 0.25) is 0 Å². The summed E-state index contributed by atoms with van der Waals surface area (Å²) in [6, 6.07) is 16.2. The van der Waals surface area contributed by atoms with Gasteiger partial charge in [-0.2, -0.15) is 0 Å². The molecule has 3 rings (SSSR count). The van der Waals surface area contributed by atoms with E-state index < -0.39 is 0 Å². The van der Waals surface area contributed by atoms with Gasteiger partial charge in [-0.3, -0.25) is 0 Å². The lowest BCUT2D eigenvalue weighted by molar-refractivity contribution is 0.274. The Kier molecular flexibility index (Phi) is 3.19. The molecule has 2 aromatic carbocycles. The predicted octanol–water partition coefficient (Wildman–Crippen LogP) is 3.43. The number of benzene rings is 2. The van der Waals surface area contributed by atoms with Crippen LogP contribution < -0.4 is 4.74 Å². The molecule has 0 bridgehead atoms. The molecule has 0 fully saturated rings. The first-order valence-electron chi connectivity index (χ1n) is 6.35. The van der Waals surface area contributed by atoms with E-state index in [4.69, 9.17) is 9.47 Å². The fourth-order valence-corrected chi connectivity index (χ4v) is 2.12. The third kappa shape index (κ3) is 2.45. The van der Waals surface area contributed by atoms with Gasteiger partial charge in [-0.05, 0) is 24.1 Å². The number of aliphatic imine (C=N–C) groups is 1. The Morgan fingerprint density at radius 2 is 1.74 bits per heavy atom. The second-order valence-electron chi connectivity index (χ2n) is 4.41. The summed E-state index contributed by atoms with van der Waals surface area (Å²) in [5.41, 5.74) is 3.43. The number of aryl methyl sites for hydroxylation is 1. The number of ether oxygens (including phenoxy) is 2. The molecule has 1 aliphatic rings. The molecule has 0 unspecified atom stereocenters. The molecule has 0 aromatic heterocycles. The van der Waals surface area contributed by atoms with Crippen molar-refractivity contribution in [2.24, 2.45) is 4.99 Å². The topological polar surface area (TPSA) is 30.8 Å². The lowest BCUT2D eigenvalue weighted by atomic mass is 10.00. The van der Waals surface area contributed by atoms with Crippen LogP contribution in [0.5, 0.6) is 5.75 Å². The summed E-state index contributed by atoms with van der Waals surface area (Å²) in [5.74, 6) is 0.775. The Morgan fingerprint density at radius 3 is 2.47 bits per heavy atom. The maximum atomic E-state index is 5.74. The molecule has 0 N–H and O–H groups in total. The average molecular weight is 253 g/mol. The van der Waals surface area contributed by atoms with Crippen LogP contribution in [0.1, 0.15) is 5.56 Å². The van der Waals surface area contributed by atoms with Crippen molar-refractivity contribution in [2.75, 3.05) is 13.2 Å². The van der Waals surface area contributed by atoms with Crippen molar-refractivity contribution >= 4 is 6.08 Å². The van der Waals surface area contributed by atoms with Gasteiger partial charge in [0.1, 0.15) is 12.4 Å². The summed E-state index contributed by atoms with van der Waals surface area (Å²) in [6.07, 6.45) is 0.362. The van der Waals surface area contributed by atoms with Crippen LogP contribution in [0.2, 0.25) is 0 Å². The van der Waals surface area contributed by atoms with E-state index in [0.29, 0.717) is 19.2 Å². The molecule has 0 radical (unpaired) electrons. The smallest absolute Gasteiger partial charge is 0.389 e. The van der Waals surface area contributed by atoms with Gasteiger partial charge in [0.05, 0.1) is 6.54 Å². The van der Waals surface area contributed by atoms with Gasteiger partial charge in [0.15, 0.2) is 0 Å². The minimum Gasteiger partial charge on any atom is -0.448 e. The number of hydrogen-bond donors (Lipinski definition) is 0. The molecule has 3 nitrogen and oxygen atoms in total. The minimum absolute atomic E-state index is 0.362. The van der Waals surface area contributed by atoms with E-state index in [1.165, 1.54) is 5.56 Å². The summed E-state index contributed by atoms with van der Waals surface area (Å²) in [6.45, 7) is 3.36. The summed E-state index contributed by atoms with van der Waals surface area (Å²) in [4.78, 5) is 4.16. The van der Waals surface area contributed by atoms with E-state index in [1.807, 2.05) is 36.4 Å². The molecule has 0 aliphatic carbocycles. The molecule has 19 heavy (non-hydrogen) atoms. The summed E-state index contributed by atoms with van der Waals surface area (Å²) >= 11 is 0. The van der Waals surface area contributed by atoms with Crippen molar-refractivity contribution in [1.29, 1.82) is 0 Å². The van der Waals surface area contributed by atoms with Crippen LogP contribution >= 0.6 is 0 Å². The summed E-state index contributed by atoms with van der Waals surface area (Å²) in [7, 11) is 0. The predicted molar refractivity (Wildman–Crippen MR) is 75.5 cm³/mol. The molecule has 2 aromatic rings. The van der Waals surface area contributed by atoms with Gasteiger partial charge < -0.3 is 9.47 Å². The molecular weight excluding hydrogens is 238 g/mol. The first kappa shape index (κ1) is 11.8. The van der Waals surface area contributed by atoms with Crippen LogP contribution in [-0.2, 0) is 4.74 Å². The zero-order valence-corrected chi connectivity index (χ0v) is 10.8. The maximum Gasteiger partial charge on any atom is 0.389 e. The number of hydrogen-bond acceptors (Lipinski definition) is 3. The second kappa shape index (κ2) is 5.14. The molecule has 0 saturated heterocycles. The first-order valence-corrected chi connectivity index (χ1v) is 6.35. The van der Waals surface area contributed by atoms with Crippen molar-refractivity contribution < 1.29 is 9.47 Å². The van der Waals surface area contributed by atoms with Gasteiger partial charge >= 0.3 is 6.08 Å². The molecule has 1 aliphatic heterocycles. The third-order valence-electron chi connectivity index (χ3n) is 3.08. The molecule has 0 atom stereocenters. The van der Waals surface area contributed by atoms with Crippen LogP contribution in [0, 0.1) is 6.92 Å². The Bertz CT molecular complexity index is 620. The average Bonchev–Trinajstić information content (AvgIpc) is 2.93. The highest BCUT2D eigenvalue weighted by Gasteiger charge is 2.14. The van der Waals surface area contributed by atoms with Crippen LogP contribution in [0.3, 0.4) is 0 Å². The molecular formula is C16H15NO2. The van der Waals surface area contributed by atoms with Crippen molar-refractivity contribution in [3.63, 3.8) is 0 Å². The van der Waals surface area contributed by atoms with E-state index in [1.54, 1.807) is 0 Å². The van der Waals surface area contributed by atoms with Crippen LogP contribution in [0.25, 0.3) is 11.1 Å². The fourth-order valence-electron chi connectivity index (χ4n) is 2.12. The van der Waals surface area contributed by atoms with Crippen molar-refractivity contribution in [2.45, 2.75) is 6.92 Å². The molecule has 0 spiro atoms. The molecule has 0 amide bonds. The molecule has 3 heteroatoms. The lowest BCUT2D eigenvalue weighted by Crippen LogP contribution is -2.09. The Morgan fingerprint density at radius 1 is 1.00 bits per heavy atom. The van der Waals surface area contributed by atoms with Crippen LogP contribution in [-0.4, -0.2) is 19.2 Å². The van der Waals surface area contributed by atoms with E-state index in [2.05, 4.69) is 24.0 Å². The summed E-state index contributed by atoms with van der Waals surface area (Å²) in [5, 5.41) is 0. The summed E-state index contributed by atoms with van der Waals surface area (Å²) < 4.78 is 11.0. The zero-order valence-electron chi connectivity index (χ0n) is 10.8. The normalized spacial score (nSPS) is 13.8.